The Morgan fingerprint density at radius 1 is 1.25 bits per heavy atom. The Labute approximate surface area is 119 Å². The van der Waals surface area contributed by atoms with Gasteiger partial charge in [0, 0.05) is 17.4 Å². The molecule has 0 saturated carbocycles. The second kappa shape index (κ2) is 6.46. The van der Waals surface area contributed by atoms with Crippen molar-refractivity contribution < 1.29 is 18.7 Å². The van der Waals surface area contributed by atoms with Crippen LogP contribution in [0.15, 0.2) is 24.3 Å². The summed E-state index contributed by atoms with van der Waals surface area (Å²) >= 11 is 0. The van der Waals surface area contributed by atoms with Crippen molar-refractivity contribution in [2.24, 2.45) is 5.41 Å². The number of ketones is 1. The average molecular weight is 280 g/mol. The van der Waals surface area contributed by atoms with Gasteiger partial charge in [0.05, 0.1) is 13.2 Å². The molecule has 0 amide bonds. The molecule has 0 aliphatic carbocycles. The lowest BCUT2D eigenvalue weighted by atomic mass is 9.95. The molecular weight excluding hydrogens is 259 g/mol. The summed E-state index contributed by atoms with van der Waals surface area (Å²) in [4.78, 5) is 11.9. The Balaban J connectivity index is 1.71. The Morgan fingerprint density at radius 3 is 2.45 bits per heavy atom. The van der Waals surface area contributed by atoms with Crippen LogP contribution in [0.4, 0.5) is 4.39 Å². The molecule has 0 N–H and O–H groups in total. The van der Waals surface area contributed by atoms with E-state index in [1.54, 1.807) is 0 Å². The minimum atomic E-state index is -0.326. The number of carbonyl (C=O) groups is 1. The van der Waals surface area contributed by atoms with Crippen molar-refractivity contribution in [3.63, 3.8) is 0 Å². The monoisotopic (exact) mass is 280 g/mol. The van der Waals surface area contributed by atoms with E-state index in [-0.39, 0.29) is 23.3 Å². The van der Waals surface area contributed by atoms with Gasteiger partial charge in [0.2, 0.25) is 0 Å². The number of hydrogen-bond donors (Lipinski definition) is 0. The third-order valence-corrected chi connectivity index (χ3v) is 3.33. The minimum Gasteiger partial charge on any atom is -0.352 e. The predicted molar refractivity (Wildman–Crippen MR) is 74.1 cm³/mol. The SMILES string of the molecule is CC1(C)COC(CCCC(=O)c2ccc(F)cc2)OC1. The van der Waals surface area contributed by atoms with Crippen molar-refractivity contribution in [1.82, 2.24) is 0 Å². The number of Topliss-reactive ketones (excluding diaryl/α,β-unsaturated/α-hetero) is 1. The fourth-order valence-corrected chi connectivity index (χ4v) is 2.10. The number of hydrogen-bond acceptors (Lipinski definition) is 3. The van der Waals surface area contributed by atoms with E-state index in [1.807, 2.05) is 0 Å². The van der Waals surface area contributed by atoms with Gasteiger partial charge in [-0.05, 0) is 37.1 Å². The van der Waals surface area contributed by atoms with Crippen LogP contribution in [-0.2, 0) is 9.47 Å². The molecule has 1 aromatic carbocycles. The lowest BCUT2D eigenvalue weighted by Gasteiger charge is -2.34. The van der Waals surface area contributed by atoms with Gasteiger partial charge in [0.15, 0.2) is 12.1 Å². The Morgan fingerprint density at radius 2 is 1.85 bits per heavy atom. The highest BCUT2D eigenvalue weighted by molar-refractivity contribution is 5.95. The van der Waals surface area contributed by atoms with Gasteiger partial charge in [-0.3, -0.25) is 4.79 Å². The summed E-state index contributed by atoms with van der Waals surface area (Å²) < 4.78 is 24.0. The van der Waals surface area contributed by atoms with Crippen LogP contribution in [0, 0.1) is 11.2 Å². The topological polar surface area (TPSA) is 35.5 Å². The fraction of sp³-hybridized carbons (Fsp3) is 0.562. The van der Waals surface area contributed by atoms with E-state index in [4.69, 9.17) is 9.47 Å². The van der Waals surface area contributed by atoms with Crippen molar-refractivity contribution in [2.75, 3.05) is 13.2 Å². The molecule has 0 spiro atoms. The molecule has 0 aromatic heterocycles. The molecule has 1 aliphatic heterocycles. The van der Waals surface area contributed by atoms with E-state index in [0.29, 0.717) is 38.0 Å². The van der Waals surface area contributed by atoms with Gasteiger partial charge in [-0.1, -0.05) is 13.8 Å². The molecule has 1 saturated heterocycles. The van der Waals surface area contributed by atoms with Gasteiger partial charge in [-0.25, -0.2) is 4.39 Å². The zero-order valence-corrected chi connectivity index (χ0v) is 12.0. The first kappa shape index (κ1) is 15.1. The zero-order chi connectivity index (χ0) is 14.6. The van der Waals surface area contributed by atoms with E-state index >= 15 is 0 Å². The molecule has 3 nitrogen and oxygen atoms in total. The van der Waals surface area contributed by atoms with Crippen LogP contribution in [0.3, 0.4) is 0 Å². The summed E-state index contributed by atoms with van der Waals surface area (Å²) in [5.74, 6) is -0.297. The highest BCUT2D eigenvalue weighted by atomic mass is 19.1. The van der Waals surface area contributed by atoms with Crippen LogP contribution < -0.4 is 0 Å². The molecule has 110 valence electrons. The first-order valence-electron chi connectivity index (χ1n) is 6.98. The standard InChI is InChI=1S/C16H21FO3/c1-16(2)10-19-15(20-11-16)5-3-4-14(18)12-6-8-13(17)9-7-12/h6-9,15H,3-5,10-11H2,1-2H3. The molecule has 0 radical (unpaired) electrons. The first-order chi connectivity index (χ1) is 9.46. The predicted octanol–water partition coefficient (Wildman–Crippen LogP) is 3.58. The molecule has 4 heteroatoms. The van der Waals surface area contributed by atoms with E-state index in [0.717, 1.165) is 0 Å². The van der Waals surface area contributed by atoms with Crippen molar-refractivity contribution in [1.29, 1.82) is 0 Å². The zero-order valence-electron chi connectivity index (χ0n) is 12.0. The molecule has 0 atom stereocenters. The van der Waals surface area contributed by atoms with Crippen molar-refractivity contribution in [2.45, 2.75) is 39.4 Å². The molecule has 0 bridgehead atoms. The van der Waals surface area contributed by atoms with Gasteiger partial charge >= 0.3 is 0 Å². The highest BCUT2D eigenvalue weighted by Crippen LogP contribution is 2.25. The summed E-state index contributed by atoms with van der Waals surface area (Å²) in [6.45, 7) is 5.57. The normalized spacial score (nSPS) is 18.9. The number of ether oxygens (including phenoxy) is 2. The Bertz CT molecular complexity index is 443. The van der Waals surface area contributed by atoms with Crippen LogP contribution in [0.5, 0.6) is 0 Å². The van der Waals surface area contributed by atoms with Crippen molar-refractivity contribution >= 4 is 5.78 Å². The fourth-order valence-electron chi connectivity index (χ4n) is 2.10. The molecule has 0 unspecified atom stereocenters. The summed E-state index contributed by atoms with van der Waals surface area (Å²) in [5, 5.41) is 0. The lowest BCUT2D eigenvalue weighted by Crippen LogP contribution is -2.37. The van der Waals surface area contributed by atoms with E-state index in [1.165, 1.54) is 24.3 Å². The quantitative estimate of drug-likeness (QED) is 0.773. The van der Waals surface area contributed by atoms with Gasteiger partial charge < -0.3 is 9.47 Å². The number of rotatable bonds is 5. The van der Waals surface area contributed by atoms with Gasteiger partial charge in [-0.2, -0.15) is 0 Å². The number of benzene rings is 1. The van der Waals surface area contributed by atoms with Crippen LogP contribution in [0.25, 0.3) is 0 Å². The van der Waals surface area contributed by atoms with Gasteiger partial charge in [-0.15, -0.1) is 0 Å². The van der Waals surface area contributed by atoms with Crippen LogP contribution in [0.1, 0.15) is 43.5 Å². The van der Waals surface area contributed by atoms with Gasteiger partial charge in [0.25, 0.3) is 0 Å². The minimum absolute atomic E-state index is 0.0288. The van der Waals surface area contributed by atoms with E-state index in [9.17, 15) is 9.18 Å². The van der Waals surface area contributed by atoms with Crippen LogP contribution in [0.2, 0.25) is 0 Å². The molecule has 20 heavy (non-hydrogen) atoms. The number of halogens is 1. The van der Waals surface area contributed by atoms with Crippen LogP contribution in [-0.4, -0.2) is 25.3 Å². The summed E-state index contributed by atoms with van der Waals surface area (Å²) in [7, 11) is 0. The summed E-state index contributed by atoms with van der Waals surface area (Å²) in [6.07, 6.45) is 1.65. The second-order valence-electron chi connectivity index (χ2n) is 6.04. The Hall–Kier alpha value is -1.26. The van der Waals surface area contributed by atoms with E-state index < -0.39 is 0 Å². The lowest BCUT2D eigenvalue weighted by molar-refractivity contribution is -0.223. The third-order valence-electron chi connectivity index (χ3n) is 3.33. The molecule has 1 aromatic rings. The Kier molecular flexibility index (Phi) is 4.89. The van der Waals surface area contributed by atoms with Crippen molar-refractivity contribution in [3.05, 3.63) is 35.6 Å². The highest BCUT2D eigenvalue weighted by Gasteiger charge is 2.27. The summed E-state index contributed by atoms with van der Waals surface area (Å²) in [6, 6.07) is 5.66. The van der Waals surface area contributed by atoms with Gasteiger partial charge in [0.1, 0.15) is 5.82 Å². The second-order valence-corrected chi connectivity index (χ2v) is 6.04. The molecule has 1 heterocycles. The third kappa shape index (κ3) is 4.39. The average Bonchev–Trinajstić information content (AvgIpc) is 2.41. The van der Waals surface area contributed by atoms with Crippen molar-refractivity contribution in [3.8, 4) is 0 Å². The van der Waals surface area contributed by atoms with E-state index in [2.05, 4.69) is 13.8 Å². The molecule has 2 rings (SSSR count). The maximum Gasteiger partial charge on any atom is 0.162 e. The first-order valence-corrected chi connectivity index (χ1v) is 6.98. The summed E-state index contributed by atoms with van der Waals surface area (Å²) in [5.41, 5.74) is 0.624. The largest absolute Gasteiger partial charge is 0.352 e. The molecular formula is C16H21FO3. The van der Waals surface area contributed by atoms with Crippen LogP contribution >= 0.6 is 0 Å². The molecule has 1 aliphatic rings. The smallest absolute Gasteiger partial charge is 0.162 e. The molecule has 1 fully saturated rings. The maximum absolute atomic E-state index is 12.8. The maximum atomic E-state index is 12.8. The number of carbonyl (C=O) groups excluding carboxylic acids is 1.